The van der Waals surface area contributed by atoms with E-state index in [0.717, 1.165) is 42.3 Å². The number of fused-ring (bicyclic) bond motifs is 1. The molecule has 2 atom stereocenters. The lowest BCUT2D eigenvalue weighted by atomic mass is 9.98. The Morgan fingerprint density at radius 3 is 2.42 bits per heavy atom. The number of aromatic nitrogens is 1. The van der Waals surface area contributed by atoms with Crippen molar-refractivity contribution in [2.45, 2.75) is 71.9 Å². The van der Waals surface area contributed by atoms with Crippen molar-refractivity contribution in [2.24, 2.45) is 5.92 Å². The van der Waals surface area contributed by atoms with Gasteiger partial charge in [0.1, 0.15) is 17.9 Å². The van der Waals surface area contributed by atoms with Crippen LogP contribution in [0.3, 0.4) is 0 Å². The summed E-state index contributed by atoms with van der Waals surface area (Å²) in [5.41, 5.74) is 3.44. The molecule has 3 rings (SSSR count). The number of benzene rings is 2. The van der Waals surface area contributed by atoms with Crippen LogP contribution in [0.4, 0.5) is 0 Å². The van der Waals surface area contributed by atoms with Crippen molar-refractivity contribution < 1.29 is 14.6 Å². The number of hydrogen-bond acceptors (Lipinski definition) is 2. The van der Waals surface area contributed by atoms with Crippen LogP contribution in [0.25, 0.3) is 10.9 Å². The summed E-state index contributed by atoms with van der Waals surface area (Å²) in [6.07, 6.45) is 6.60. The molecule has 31 heavy (non-hydrogen) atoms. The van der Waals surface area contributed by atoms with E-state index in [1.54, 1.807) is 0 Å². The smallest absolute Gasteiger partial charge is 0.326 e. The summed E-state index contributed by atoms with van der Waals surface area (Å²) in [4.78, 5) is 11.7. The molecule has 0 saturated carbocycles. The SMILES string of the molecule is CCCCC(Oc1cccc2c1ccn2C(CC)C(=O)O)c1ccc(CC(C)C)cc1. The molecule has 1 N–H and O–H groups in total. The molecule has 4 nitrogen and oxygen atoms in total. The molecule has 0 aliphatic rings. The molecule has 0 aliphatic carbocycles. The van der Waals surface area contributed by atoms with Gasteiger partial charge >= 0.3 is 5.97 Å². The summed E-state index contributed by atoms with van der Waals surface area (Å²) in [5, 5.41) is 10.5. The van der Waals surface area contributed by atoms with Gasteiger partial charge in [0.2, 0.25) is 0 Å². The van der Waals surface area contributed by atoms with E-state index in [-0.39, 0.29) is 6.10 Å². The first-order valence-electron chi connectivity index (χ1n) is 11.5. The number of carboxylic acids is 1. The molecule has 1 heterocycles. The van der Waals surface area contributed by atoms with E-state index in [0.29, 0.717) is 12.3 Å². The van der Waals surface area contributed by atoms with Gasteiger partial charge in [0.15, 0.2) is 0 Å². The molecule has 2 unspecified atom stereocenters. The van der Waals surface area contributed by atoms with Crippen LogP contribution in [0, 0.1) is 5.92 Å². The first-order valence-corrected chi connectivity index (χ1v) is 11.5. The second-order valence-corrected chi connectivity index (χ2v) is 8.76. The zero-order valence-corrected chi connectivity index (χ0v) is 19.2. The fourth-order valence-electron chi connectivity index (χ4n) is 4.20. The Morgan fingerprint density at radius 2 is 1.81 bits per heavy atom. The van der Waals surface area contributed by atoms with Crippen molar-refractivity contribution in [3.05, 3.63) is 65.9 Å². The lowest BCUT2D eigenvalue weighted by molar-refractivity contribution is -0.140. The standard InChI is InChI=1S/C27H35NO3/c1-5-7-10-25(21-14-12-20(13-15-21)18-19(3)4)31-26-11-8-9-24-22(26)16-17-28(24)23(6-2)27(29)30/h8-9,11-17,19,23,25H,5-7,10,18H2,1-4H3,(H,29,30). The molecule has 3 aromatic rings. The third kappa shape index (κ3) is 5.49. The van der Waals surface area contributed by atoms with Crippen molar-refractivity contribution in [1.82, 2.24) is 4.57 Å². The highest BCUT2D eigenvalue weighted by Crippen LogP contribution is 2.34. The maximum Gasteiger partial charge on any atom is 0.326 e. The Hall–Kier alpha value is -2.75. The third-order valence-electron chi connectivity index (χ3n) is 5.82. The molecule has 0 radical (unpaired) electrons. The third-order valence-corrected chi connectivity index (χ3v) is 5.82. The largest absolute Gasteiger partial charge is 0.485 e. The highest BCUT2D eigenvalue weighted by molar-refractivity contribution is 5.88. The van der Waals surface area contributed by atoms with Crippen LogP contribution in [0.1, 0.15) is 76.7 Å². The van der Waals surface area contributed by atoms with Gasteiger partial charge in [-0.05, 0) is 60.9 Å². The van der Waals surface area contributed by atoms with E-state index >= 15 is 0 Å². The first-order chi connectivity index (χ1) is 14.9. The van der Waals surface area contributed by atoms with Crippen molar-refractivity contribution in [3.8, 4) is 5.75 Å². The fourth-order valence-corrected chi connectivity index (χ4v) is 4.20. The molecular weight excluding hydrogens is 386 g/mol. The average Bonchev–Trinajstić information content (AvgIpc) is 3.16. The van der Waals surface area contributed by atoms with Gasteiger partial charge in [-0.1, -0.05) is 64.4 Å². The van der Waals surface area contributed by atoms with E-state index in [4.69, 9.17) is 4.74 Å². The van der Waals surface area contributed by atoms with Crippen molar-refractivity contribution in [1.29, 1.82) is 0 Å². The second-order valence-electron chi connectivity index (χ2n) is 8.76. The number of carboxylic acid groups (broad SMARTS) is 1. The lowest BCUT2D eigenvalue weighted by Crippen LogP contribution is -2.17. The van der Waals surface area contributed by atoms with Gasteiger partial charge in [0, 0.05) is 11.6 Å². The van der Waals surface area contributed by atoms with Gasteiger partial charge < -0.3 is 14.4 Å². The van der Waals surface area contributed by atoms with Gasteiger partial charge in [-0.15, -0.1) is 0 Å². The van der Waals surface area contributed by atoms with Crippen molar-refractivity contribution in [3.63, 3.8) is 0 Å². The summed E-state index contributed by atoms with van der Waals surface area (Å²) >= 11 is 0. The van der Waals surface area contributed by atoms with E-state index in [2.05, 4.69) is 45.0 Å². The summed E-state index contributed by atoms with van der Waals surface area (Å²) in [6.45, 7) is 8.57. The Labute approximate surface area is 185 Å². The first kappa shape index (κ1) is 22.9. The van der Waals surface area contributed by atoms with Gasteiger partial charge in [-0.3, -0.25) is 0 Å². The van der Waals surface area contributed by atoms with Crippen LogP contribution < -0.4 is 4.74 Å². The van der Waals surface area contributed by atoms with Crippen molar-refractivity contribution >= 4 is 16.9 Å². The zero-order chi connectivity index (χ0) is 22.4. The molecule has 0 fully saturated rings. The van der Waals surface area contributed by atoms with Crippen LogP contribution in [-0.2, 0) is 11.2 Å². The normalized spacial score (nSPS) is 13.5. The Balaban J connectivity index is 1.91. The predicted molar refractivity (Wildman–Crippen MR) is 127 cm³/mol. The molecule has 4 heteroatoms. The van der Waals surface area contributed by atoms with Crippen LogP contribution >= 0.6 is 0 Å². The Bertz CT molecular complexity index is 987. The van der Waals surface area contributed by atoms with Gasteiger partial charge in [-0.2, -0.15) is 0 Å². The summed E-state index contributed by atoms with van der Waals surface area (Å²) in [7, 11) is 0. The Kier molecular flexibility index (Phi) is 7.78. The van der Waals surface area contributed by atoms with E-state index in [9.17, 15) is 9.90 Å². The highest BCUT2D eigenvalue weighted by Gasteiger charge is 2.21. The topological polar surface area (TPSA) is 51.5 Å². The van der Waals surface area contributed by atoms with Crippen LogP contribution in [0.2, 0.25) is 0 Å². The number of ether oxygens (including phenoxy) is 1. The minimum Gasteiger partial charge on any atom is -0.485 e. The summed E-state index contributed by atoms with van der Waals surface area (Å²) < 4.78 is 8.40. The summed E-state index contributed by atoms with van der Waals surface area (Å²) in [5.74, 6) is 0.634. The maximum atomic E-state index is 11.7. The fraction of sp³-hybridized carbons (Fsp3) is 0.444. The summed E-state index contributed by atoms with van der Waals surface area (Å²) in [6, 6.07) is 16.1. The zero-order valence-electron chi connectivity index (χ0n) is 19.2. The number of carbonyl (C=O) groups is 1. The average molecular weight is 422 g/mol. The van der Waals surface area contributed by atoms with Crippen LogP contribution in [0.5, 0.6) is 5.75 Å². The highest BCUT2D eigenvalue weighted by atomic mass is 16.5. The van der Waals surface area contributed by atoms with E-state index < -0.39 is 12.0 Å². The maximum absolute atomic E-state index is 11.7. The minimum atomic E-state index is -0.811. The quantitative estimate of drug-likeness (QED) is 0.356. The molecular formula is C27H35NO3. The molecule has 0 amide bonds. The minimum absolute atomic E-state index is 0.0246. The van der Waals surface area contributed by atoms with Gasteiger partial charge in [0.25, 0.3) is 0 Å². The molecule has 1 aromatic heterocycles. The van der Waals surface area contributed by atoms with Gasteiger partial charge in [-0.25, -0.2) is 4.79 Å². The van der Waals surface area contributed by atoms with Crippen LogP contribution in [-0.4, -0.2) is 15.6 Å². The number of rotatable bonds is 11. The molecule has 0 saturated heterocycles. The predicted octanol–water partition coefficient (Wildman–Crippen LogP) is 7.19. The Morgan fingerprint density at radius 1 is 1.06 bits per heavy atom. The number of hydrogen-bond donors (Lipinski definition) is 1. The van der Waals surface area contributed by atoms with E-state index in [1.807, 2.05) is 42.0 Å². The number of unbranched alkanes of at least 4 members (excludes halogenated alkanes) is 1. The molecule has 0 spiro atoms. The molecule has 0 aliphatic heterocycles. The van der Waals surface area contributed by atoms with Gasteiger partial charge in [0.05, 0.1) is 5.52 Å². The van der Waals surface area contributed by atoms with Crippen LogP contribution in [0.15, 0.2) is 54.7 Å². The second kappa shape index (κ2) is 10.5. The van der Waals surface area contributed by atoms with E-state index in [1.165, 1.54) is 11.1 Å². The molecule has 166 valence electrons. The number of nitrogens with zero attached hydrogens (tertiary/aromatic N) is 1. The molecule has 0 bridgehead atoms. The number of aliphatic carboxylic acids is 1. The van der Waals surface area contributed by atoms with Crippen molar-refractivity contribution in [2.75, 3.05) is 0 Å². The monoisotopic (exact) mass is 421 g/mol. The lowest BCUT2D eigenvalue weighted by Gasteiger charge is -2.21. The molecule has 2 aromatic carbocycles.